The van der Waals surface area contributed by atoms with Crippen molar-refractivity contribution in [3.05, 3.63) is 83.6 Å². The van der Waals surface area contributed by atoms with Gasteiger partial charge >= 0.3 is 0 Å². The van der Waals surface area contributed by atoms with Crippen molar-refractivity contribution < 1.29 is 28.2 Å². The van der Waals surface area contributed by atoms with Gasteiger partial charge in [-0.3, -0.25) is 9.59 Å². The van der Waals surface area contributed by atoms with Gasteiger partial charge in [-0.05, 0) is 48.9 Å². The van der Waals surface area contributed by atoms with E-state index in [1.54, 1.807) is 43.1 Å². The number of fused-ring (bicyclic) bond motifs is 1. The summed E-state index contributed by atoms with van der Waals surface area (Å²) in [5.41, 5.74) is 1.48. The number of carbonyl (C=O) groups excluding carboxylic acids is 2. The maximum absolute atomic E-state index is 13.8. The summed E-state index contributed by atoms with van der Waals surface area (Å²) in [7, 11) is 1.60. The third-order valence-electron chi connectivity index (χ3n) is 6.55. The molecule has 7 nitrogen and oxygen atoms in total. The number of carbonyl (C=O) groups is 2. The molecule has 0 unspecified atom stereocenters. The van der Waals surface area contributed by atoms with E-state index < -0.39 is 23.8 Å². The number of pyridine rings is 1. The Labute approximate surface area is 214 Å². The first-order chi connectivity index (χ1) is 17.7. The average Bonchev–Trinajstić information content (AvgIpc) is 2.89. The van der Waals surface area contributed by atoms with E-state index in [-0.39, 0.29) is 54.4 Å². The number of benzene rings is 2. The zero-order valence-corrected chi connectivity index (χ0v) is 20.9. The molecule has 0 aliphatic carbocycles. The van der Waals surface area contributed by atoms with Gasteiger partial charge in [0.15, 0.2) is 0 Å². The Kier molecular flexibility index (Phi) is 7.83. The molecule has 1 N–H and O–H groups in total. The number of ether oxygens (including phenoxy) is 1. The lowest BCUT2D eigenvalue weighted by Gasteiger charge is -2.37. The number of aliphatic hydroxyl groups is 1. The minimum Gasteiger partial charge on any atom is -0.472 e. The molecule has 2 heterocycles. The fourth-order valence-corrected chi connectivity index (χ4v) is 4.34. The molecule has 0 spiro atoms. The lowest BCUT2D eigenvalue weighted by atomic mass is 9.99. The summed E-state index contributed by atoms with van der Waals surface area (Å²) in [4.78, 5) is 33.9. The quantitative estimate of drug-likeness (QED) is 0.543. The molecule has 1 aliphatic heterocycles. The Hall–Kier alpha value is -3.85. The van der Waals surface area contributed by atoms with Crippen LogP contribution in [0.3, 0.4) is 0 Å². The van der Waals surface area contributed by atoms with Crippen LogP contribution in [0.1, 0.15) is 34.6 Å². The van der Waals surface area contributed by atoms with Gasteiger partial charge in [-0.25, -0.2) is 13.8 Å². The third-order valence-corrected chi connectivity index (χ3v) is 6.55. The molecule has 0 radical (unpaired) electrons. The minimum absolute atomic E-state index is 0.0865. The molecule has 0 saturated carbocycles. The maximum atomic E-state index is 13.8. The highest BCUT2D eigenvalue weighted by Gasteiger charge is 2.35. The second kappa shape index (κ2) is 11.0. The number of hydrogen-bond donors (Lipinski definition) is 1. The van der Waals surface area contributed by atoms with Gasteiger partial charge in [-0.1, -0.05) is 25.1 Å². The molecule has 1 aromatic heterocycles. The van der Waals surface area contributed by atoms with Crippen LogP contribution in [0.4, 0.5) is 8.78 Å². The minimum atomic E-state index is -0.560. The molecule has 0 bridgehead atoms. The smallest absolute Gasteiger partial charge is 0.259 e. The molecule has 194 valence electrons. The Morgan fingerprint density at radius 1 is 1.16 bits per heavy atom. The Morgan fingerprint density at radius 3 is 2.54 bits per heavy atom. The van der Waals surface area contributed by atoms with Crippen LogP contribution in [0.2, 0.25) is 0 Å². The fourth-order valence-electron chi connectivity index (χ4n) is 4.34. The van der Waals surface area contributed by atoms with Gasteiger partial charge in [0.25, 0.3) is 11.8 Å². The normalized spacial score (nSPS) is 18.3. The van der Waals surface area contributed by atoms with Gasteiger partial charge in [-0.15, -0.1) is 0 Å². The van der Waals surface area contributed by atoms with E-state index >= 15 is 0 Å². The van der Waals surface area contributed by atoms with Gasteiger partial charge in [-0.2, -0.15) is 0 Å². The predicted octanol–water partition coefficient (Wildman–Crippen LogP) is 4.02. The number of aromatic nitrogens is 1. The van der Waals surface area contributed by atoms with E-state index in [9.17, 15) is 23.5 Å². The zero-order chi connectivity index (χ0) is 26.7. The van der Waals surface area contributed by atoms with Gasteiger partial charge in [0.2, 0.25) is 5.88 Å². The molecule has 1 aliphatic rings. The van der Waals surface area contributed by atoms with Crippen LogP contribution < -0.4 is 4.74 Å². The second-order valence-corrected chi connectivity index (χ2v) is 9.41. The van der Waals surface area contributed by atoms with Crippen molar-refractivity contribution >= 4 is 11.8 Å². The van der Waals surface area contributed by atoms with Crippen LogP contribution in [0.5, 0.6) is 5.88 Å². The molecular formula is C28H29F2N3O4. The molecule has 37 heavy (non-hydrogen) atoms. The largest absolute Gasteiger partial charge is 0.472 e. The van der Waals surface area contributed by atoms with Crippen LogP contribution in [0.25, 0.3) is 11.1 Å². The standard InChI is InChI=1S/C28H29F2N3O4/c1-17-14-33(18(2)16-34)28(36)24-12-21(19-6-4-8-22(29)10-19)13-31-26(24)37-25(17)15-32(3)27(35)20-7-5-9-23(30)11-20/h4-13,17-18,25,34H,14-16H2,1-3H3/t17-,18+,25+/m1/s1. The van der Waals surface area contributed by atoms with Crippen molar-refractivity contribution in [1.82, 2.24) is 14.8 Å². The number of hydrogen-bond acceptors (Lipinski definition) is 5. The van der Waals surface area contributed by atoms with Gasteiger partial charge in [0, 0.05) is 36.8 Å². The number of rotatable bonds is 6. The Morgan fingerprint density at radius 2 is 1.86 bits per heavy atom. The van der Waals surface area contributed by atoms with E-state index in [0.29, 0.717) is 11.1 Å². The summed E-state index contributed by atoms with van der Waals surface area (Å²) in [5.74, 6) is -1.81. The first-order valence-corrected chi connectivity index (χ1v) is 12.0. The molecule has 3 aromatic rings. The summed E-state index contributed by atoms with van der Waals surface area (Å²) >= 11 is 0. The number of likely N-dealkylation sites (N-methyl/N-ethyl adjacent to an activating group) is 1. The van der Waals surface area contributed by atoms with E-state index in [2.05, 4.69) is 4.98 Å². The lowest BCUT2D eigenvalue weighted by molar-refractivity contribution is 0.0313. The summed E-state index contributed by atoms with van der Waals surface area (Å²) in [6, 6.07) is 12.5. The van der Waals surface area contributed by atoms with Crippen LogP contribution in [0.15, 0.2) is 60.8 Å². The SMILES string of the molecule is C[C@@H]1CN([C@@H](C)CO)C(=O)c2cc(-c3cccc(F)c3)cnc2O[C@H]1CN(C)C(=O)c1cccc(F)c1. The highest BCUT2D eigenvalue weighted by Crippen LogP contribution is 2.30. The third kappa shape index (κ3) is 5.77. The predicted molar refractivity (Wildman–Crippen MR) is 134 cm³/mol. The number of nitrogens with zero attached hydrogens (tertiary/aromatic N) is 3. The van der Waals surface area contributed by atoms with E-state index in [1.165, 1.54) is 41.4 Å². The van der Waals surface area contributed by atoms with Gasteiger partial charge < -0.3 is 19.6 Å². The lowest BCUT2D eigenvalue weighted by Crippen LogP contribution is -2.50. The highest BCUT2D eigenvalue weighted by molar-refractivity contribution is 5.98. The first kappa shape index (κ1) is 26.2. The van der Waals surface area contributed by atoms with Gasteiger partial charge in [0.1, 0.15) is 23.3 Å². The molecule has 2 aromatic carbocycles. The topological polar surface area (TPSA) is 83.0 Å². The zero-order valence-electron chi connectivity index (χ0n) is 20.9. The molecule has 4 rings (SSSR count). The van der Waals surface area contributed by atoms with Crippen LogP contribution in [-0.2, 0) is 0 Å². The fraction of sp³-hybridized carbons (Fsp3) is 0.321. The van der Waals surface area contributed by atoms with Crippen LogP contribution >= 0.6 is 0 Å². The van der Waals surface area contributed by atoms with E-state index in [4.69, 9.17) is 4.74 Å². The van der Waals surface area contributed by atoms with Crippen molar-refractivity contribution in [2.45, 2.75) is 26.0 Å². The summed E-state index contributed by atoms with van der Waals surface area (Å²) < 4.78 is 33.7. The Balaban J connectivity index is 1.68. The summed E-state index contributed by atoms with van der Waals surface area (Å²) in [5, 5.41) is 9.83. The van der Waals surface area contributed by atoms with Crippen molar-refractivity contribution in [3.63, 3.8) is 0 Å². The number of halogens is 2. The molecule has 2 amide bonds. The van der Waals surface area contributed by atoms with E-state index in [0.717, 1.165) is 0 Å². The summed E-state index contributed by atoms with van der Waals surface area (Å²) in [6.45, 7) is 3.80. The highest BCUT2D eigenvalue weighted by atomic mass is 19.1. The van der Waals surface area contributed by atoms with Crippen LogP contribution in [0, 0.1) is 17.6 Å². The first-order valence-electron chi connectivity index (χ1n) is 12.0. The second-order valence-electron chi connectivity index (χ2n) is 9.41. The number of aliphatic hydroxyl groups excluding tert-OH is 1. The molecule has 3 atom stereocenters. The van der Waals surface area contributed by atoms with Crippen molar-refractivity contribution in [3.8, 4) is 17.0 Å². The van der Waals surface area contributed by atoms with E-state index in [1.807, 2.05) is 6.92 Å². The molecule has 0 saturated heterocycles. The summed E-state index contributed by atoms with van der Waals surface area (Å²) in [6.07, 6.45) is 0.946. The average molecular weight is 510 g/mol. The molecular weight excluding hydrogens is 480 g/mol. The number of amides is 2. The molecule has 0 fully saturated rings. The maximum Gasteiger partial charge on any atom is 0.259 e. The van der Waals surface area contributed by atoms with Crippen molar-refractivity contribution in [2.75, 3.05) is 26.7 Å². The Bertz CT molecular complexity index is 1300. The molecule has 9 heteroatoms. The van der Waals surface area contributed by atoms with Gasteiger partial charge in [0.05, 0.1) is 19.2 Å². The van der Waals surface area contributed by atoms with Crippen LogP contribution in [-0.4, -0.2) is 70.6 Å². The van der Waals surface area contributed by atoms with Crippen molar-refractivity contribution in [2.24, 2.45) is 5.92 Å². The monoisotopic (exact) mass is 509 g/mol. The van der Waals surface area contributed by atoms with Crippen molar-refractivity contribution in [1.29, 1.82) is 0 Å².